The van der Waals surface area contributed by atoms with Gasteiger partial charge in [-0.15, -0.1) is 22.0 Å². The highest BCUT2D eigenvalue weighted by Crippen LogP contribution is 2.30. The third-order valence-corrected chi connectivity index (χ3v) is 7.07. The number of carbonyl (C=O) groups is 1. The number of nitrogens with zero attached hydrogens (tertiary/aromatic N) is 3. The van der Waals surface area contributed by atoms with Crippen molar-refractivity contribution < 1.29 is 4.79 Å². The number of aromatic nitrogens is 3. The van der Waals surface area contributed by atoms with Gasteiger partial charge in [0, 0.05) is 12.3 Å². The molecule has 158 valence electrons. The van der Waals surface area contributed by atoms with Crippen molar-refractivity contribution >= 4 is 58.3 Å². The first-order chi connectivity index (χ1) is 14.5. The van der Waals surface area contributed by atoms with Crippen LogP contribution in [0, 0.1) is 6.92 Å². The molecular formula is C21H22Cl2N4OS2. The molecule has 3 aromatic rings. The second kappa shape index (κ2) is 11.1. The minimum Gasteiger partial charge on any atom is -0.324 e. The molecule has 0 atom stereocenters. The van der Waals surface area contributed by atoms with Crippen LogP contribution in [0.15, 0.2) is 47.6 Å². The van der Waals surface area contributed by atoms with Gasteiger partial charge in [0.05, 0.1) is 27.2 Å². The number of hydrogen-bond donors (Lipinski definition) is 1. The first-order valence-corrected chi connectivity index (χ1v) is 12.3. The fourth-order valence-corrected chi connectivity index (χ4v) is 4.81. The first-order valence-electron chi connectivity index (χ1n) is 9.40. The Morgan fingerprint density at radius 1 is 1.10 bits per heavy atom. The van der Waals surface area contributed by atoms with Crippen LogP contribution < -0.4 is 5.32 Å². The molecule has 1 heterocycles. The van der Waals surface area contributed by atoms with Crippen molar-refractivity contribution in [2.45, 2.75) is 37.1 Å². The summed E-state index contributed by atoms with van der Waals surface area (Å²) in [7, 11) is 0. The van der Waals surface area contributed by atoms with E-state index in [1.807, 2.05) is 11.5 Å². The first kappa shape index (κ1) is 23.0. The number of aryl methyl sites for hydroxylation is 1. The quantitative estimate of drug-likeness (QED) is 0.376. The van der Waals surface area contributed by atoms with Gasteiger partial charge in [-0.05, 0) is 31.5 Å². The molecule has 30 heavy (non-hydrogen) atoms. The lowest BCUT2D eigenvalue weighted by Gasteiger charge is -2.09. The predicted octanol–water partition coefficient (Wildman–Crippen LogP) is 6.08. The maximum absolute atomic E-state index is 12.3. The fraction of sp³-hybridized carbons (Fsp3) is 0.286. The van der Waals surface area contributed by atoms with Crippen molar-refractivity contribution in [3.63, 3.8) is 0 Å². The molecular weight excluding hydrogens is 459 g/mol. The summed E-state index contributed by atoms with van der Waals surface area (Å²) in [5.74, 6) is 2.62. The summed E-state index contributed by atoms with van der Waals surface area (Å²) in [6, 6.07) is 13.7. The Kier molecular flexibility index (Phi) is 8.50. The number of anilines is 1. The van der Waals surface area contributed by atoms with E-state index in [2.05, 4.69) is 46.7 Å². The van der Waals surface area contributed by atoms with Crippen LogP contribution in [0.4, 0.5) is 5.69 Å². The molecule has 5 nitrogen and oxygen atoms in total. The van der Waals surface area contributed by atoms with E-state index in [0.717, 1.165) is 29.0 Å². The molecule has 0 radical (unpaired) electrons. The van der Waals surface area contributed by atoms with Crippen molar-refractivity contribution in [2.75, 3.05) is 11.1 Å². The predicted molar refractivity (Wildman–Crippen MR) is 128 cm³/mol. The monoisotopic (exact) mass is 480 g/mol. The summed E-state index contributed by atoms with van der Waals surface area (Å²) in [6.45, 7) is 4.88. The molecule has 1 N–H and O–H groups in total. The third kappa shape index (κ3) is 6.17. The summed E-state index contributed by atoms with van der Waals surface area (Å²) in [6.07, 6.45) is 0. The molecule has 0 fully saturated rings. The van der Waals surface area contributed by atoms with Gasteiger partial charge in [-0.2, -0.15) is 0 Å². The smallest absolute Gasteiger partial charge is 0.234 e. The van der Waals surface area contributed by atoms with Gasteiger partial charge in [-0.25, -0.2) is 0 Å². The number of halogens is 2. The Morgan fingerprint density at radius 3 is 2.60 bits per heavy atom. The van der Waals surface area contributed by atoms with Crippen LogP contribution in [0.5, 0.6) is 0 Å². The lowest BCUT2D eigenvalue weighted by Crippen LogP contribution is -2.15. The van der Waals surface area contributed by atoms with Gasteiger partial charge in [0.15, 0.2) is 5.16 Å². The topological polar surface area (TPSA) is 59.8 Å². The molecule has 0 bridgehead atoms. The van der Waals surface area contributed by atoms with Gasteiger partial charge < -0.3 is 9.88 Å². The lowest BCUT2D eigenvalue weighted by molar-refractivity contribution is -0.113. The minimum atomic E-state index is -0.176. The van der Waals surface area contributed by atoms with E-state index in [0.29, 0.717) is 15.7 Å². The largest absolute Gasteiger partial charge is 0.324 e. The zero-order valence-electron chi connectivity index (χ0n) is 16.7. The van der Waals surface area contributed by atoms with Crippen molar-refractivity contribution in [1.29, 1.82) is 0 Å². The molecule has 0 aliphatic carbocycles. The van der Waals surface area contributed by atoms with E-state index in [-0.39, 0.29) is 11.7 Å². The molecule has 0 aliphatic heterocycles. The molecule has 3 rings (SSSR count). The fourth-order valence-electron chi connectivity index (χ4n) is 2.71. The Labute approximate surface area is 194 Å². The normalized spacial score (nSPS) is 10.9. The maximum atomic E-state index is 12.3. The molecule has 0 unspecified atom stereocenters. The summed E-state index contributed by atoms with van der Waals surface area (Å²) < 4.78 is 2.05. The van der Waals surface area contributed by atoms with Crippen molar-refractivity contribution in [1.82, 2.24) is 14.8 Å². The molecule has 0 spiro atoms. The number of benzene rings is 2. The Balaban J connectivity index is 1.53. The Hall–Kier alpha value is -1.67. The van der Waals surface area contributed by atoms with E-state index in [1.165, 1.54) is 22.9 Å². The number of carbonyl (C=O) groups excluding carboxylic acids is 1. The number of nitrogens with one attached hydrogen (secondary N) is 1. The zero-order valence-corrected chi connectivity index (χ0v) is 19.8. The van der Waals surface area contributed by atoms with Gasteiger partial charge in [-0.3, -0.25) is 4.79 Å². The summed E-state index contributed by atoms with van der Waals surface area (Å²) in [4.78, 5) is 12.3. The molecule has 2 aromatic carbocycles. The highest BCUT2D eigenvalue weighted by atomic mass is 35.5. The van der Waals surface area contributed by atoms with E-state index < -0.39 is 0 Å². The average molecular weight is 481 g/mol. The number of thioether (sulfide) groups is 2. The minimum absolute atomic E-state index is 0.176. The molecule has 0 saturated carbocycles. The van der Waals surface area contributed by atoms with Crippen LogP contribution in [0.2, 0.25) is 10.0 Å². The van der Waals surface area contributed by atoms with Gasteiger partial charge in [-0.1, -0.05) is 70.9 Å². The van der Waals surface area contributed by atoms with Gasteiger partial charge >= 0.3 is 0 Å². The number of rotatable bonds is 9. The molecule has 0 aliphatic rings. The second-order valence-corrected chi connectivity index (χ2v) is 9.27. The van der Waals surface area contributed by atoms with Crippen LogP contribution in [0.25, 0.3) is 0 Å². The van der Waals surface area contributed by atoms with Gasteiger partial charge in [0.2, 0.25) is 5.91 Å². The highest BCUT2D eigenvalue weighted by molar-refractivity contribution is 7.99. The second-order valence-electron chi connectivity index (χ2n) is 6.56. The lowest BCUT2D eigenvalue weighted by atomic mass is 10.2. The van der Waals surface area contributed by atoms with Crippen molar-refractivity contribution in [3.8, 4) is 0 Å². The van der Waals surface area contributed by atoms with Crippen LogP contribution in [-0.4, -0.2) is 26.4 Å². The standard InChI is InChI=1S/C21H22Cl2N4OS2/c1-3-27-18(12-29-11-15-9-7-14(2)8-10-15)25-26-21(27)30-13-19(28)24-17-6-4-5-16(22)20(17)23/h4-10H,3,11-13H2,1-2H3,(H,24,28). The number of amides is 1. The molecule has 9 heteroatoms. The van der Waals surface area contributed by atoms with Crippen LogP contribution >= 0.6 is 46.7 Å². The van der Waals surface area contributed by atoms with E-state index in [9.17, 15) is 4.79 Å². The highest BCUT2D eigenvalue weighted by Gasteiger charge is 2.14. The van der Waals surface area contributed by atoms with Crippen LogP contribution in [0.1, 0.15) is 23.9 Å². The summed E-state index contributed by atoms with van der Waals surface area (Å²) in [5.41, 5.74) is 3.05. The molecule has 1 amide bonds. The molecule has 0 saturated heterocycles. The van der Waals surface area contributed by atoms with Crippen molar-refractivity contribution in [2.24, 2.45) is 0 Å². The maximum Gasteiger partial charge on any atom is 0.234 e. The average Bonchev–Trinajstić information content (AvgIpc) is 3.13. The van der Waals surface area contributed by atoms with E-state index in [4.69, 9.17) is 23.2 Å². The van der Waals surface area contributed by atoms with Crippen molar-refractivity contribution in [3.05, 3.63) is 69.5 Å². The third-order valence-electron chi connectivity index (χ3n) is 4.29. The van der Waals surface area contributed by atoms with E-state index >= 15 is 0 Å². The Morgan fingerprint density at radius 2 is 1.87 bits per heavy atom. The Bertz CT molecular complexity index is 1010. The SMILES string of the molecule is CCn1c(CSCc2ccc(C)cc2)nnc1SCC(=O)Nc1cccc(Cl)c1Cl. The van der Waals surface area contributed by atoms with Crippen LogP contribution in [0.3, 0.4) is 0 Å². The zero-order chi connectivity index (χ0) is 21.5. The van der Waals surface area contributed by atoms with Gasteiger partial charge in [0.1, 0.15) is 5.82 Å². The molecule has 1 aromatic heterocycles. The number of hydrogen-bond acceptors (Lipinski definition) is 5. The van der Waals surface area contributed by atoms with Crippen LogP contribution in [-0.2, 0) is 22.8 Å². The van der Waals surface area contributed by atoms with E-state index in [1.54, 1.807) is 30.0 Å². The summed E-state index contributed by atoms with van der Waals surface area (Å²) >= 11 is 15.3. The summed E-state index contributed by atoms with van der Waals surface area (Å²) in [5, 5.41) is 12.8. The van der Waals surface area contributed by atoms with Gasteiger partial charge in [0.25, 0.3) is 0 Å².